The highest BCUT2D eigenvalue weighted by atomic mass is 28.2. The Hall–Kier alpha value is -0.563. The maximum Gasteiger partial charge on any atom is 0.0810 e. The lowest BCUT2D eigenvalue weighted by molar-refractivity contribution is 0.732. The Balaban J connectivity index is 2.39. The van der Waals surface area contributed by atoms with Gasteiger partial charge in [-0.2, -0.15) is 0 Å². The molecule has 0 amide bonds. The molecule has 0 aliphatic rings. The van der Waals surface area contributed by atoms with Crippen molar-refractivity contribution in [3.05, 3.63) is 30.3 Å². The van der Waals surface area contributed by atoms with Gasteiger partial charge in [0.25, 0.3) is 0 Å². The van der Waals surface area contributed by atoms with E-state index in [9.17, 15) is 0 Å². The summed E-state index contributed by atoms with van der Waals surface area (Å²) in [6.45, 7) is 4.55. The first-order valence-corrected chi connectivity index (χ1v) is 5.28. The summed E-state index contributed by atoms with van der Waals surface area (Å²) in [7, 11) is 0.985. The topological polar surface area (TPSA) is 0 Å². The first kappa shape index (κ1) is 8.53. The van der Waals surface area contributed by atoms with Gasteiger partial charge in [-0.15, -0.1) is 0 Å². The van der Waals surface area contributed by atoms with Crippen LogP contribution in [0, 0.1) is 5.92 Å². The summed E-state index contributed by atoms with van der Waals surface area (Å²) in [6, 6.07) is 12.0. The van der Waals surface area contributed by atoms with Crippen LogP contribution in [0.3, 0.4) is 0 Å². The van der Waals surface area contributed by atoms with E-state index in [4.69, 9.17) is 0 Å². The van der Waals surface area contributed by atoms with Gasteiger partial charge in [0.1, 0.15) is 0 Å². The Morgan fingerprint density at radius 3 is 2.36 bits per heavy atom. The molecule has 0 saturated heterocycles. The van der Waals surface area contributed by atoms with E-state index in [1.54, 1.807) is 0 Å². The SMILES string of the molecule is CC(C)C[Si]c1ccccc1. The van der Waals surface area contributed by atoms with Gasteiger partial charge < -0.3 is 0 Å². The van der Waals surface area contributed by atoms with Crippen LogP contribution in [0.25, 0.3) is 0 Å². The van der Waals surface area contributed by atoms with Gasteiger partial charge >= 0.3 is 0 Å². The van der Waals surface area contributed by atoms with Crippen LogP contribution in [-0.4, -0.2) is 9.52 Å². The molecular weight excluding hydrogens is 148 g/mol. The lowest BCUT2D eigenvalue weighted by atomic mass is 10.3. The van der Waals surface area contributed by atoms with E-state index in [1.807, 2.05) is 0 Å². The molecule has 58 valence electrons. The lowest BCUT2D eigenvalue weighted by Gasteiger charge is -2.01. The minimum absolute atomic E-state index is 0.827. The molecule has 0 nitrogen and oxygen atoms in total. The quantitative estimate of drug-likeness (QED) is 0.597. The minimum atomic E-state index is 0.827. The van der Waals surface area contributed by atoms with Crippen LogP contribution in [0.2, 0.25) is 6.04 Å². The Morgan fingerprint density at radius 2 is 1.82 bits per heavy atom. The maximum atomic E-state index is 2.27. The fraction of sp³-hybridized carbons (Fsp3) is 0.400. The van der Waals surface area contributed by atoms with E-state index < -0.39 is 0 Å². The first-order chi connectivity index (χ1) is 5.29. The van der Waals surface area contributed by atoms with Crippen LogP contribution in [0.15, 0.2) is 30.3 Å². The normalized spacial score (nSPS) is 10.5. The zero-order chi connectivity index (χ0) is 8.10. The number of benzene rings is 1. The zero-order valence-electron chi connectivity index (χ0n) is 7.17. The number of hydrogen-bond donors (Lipinski definition) is 0. The van der Waals surface area contributed by atoms with Gasteiger partial charge in [-0.3, -0.25) is 0 Å². The van der Waals surface area contributed by atoms with E-state index in [1.165, 1.54) is 11.2 Å². The summed E-state index contributed by atoms with van der Waals surface area (Å²) in [5, 5.41) is 1.49. The van der Waals surface area contributed by atoms with Crippen LogP contribution in [0.5, 0.6) is 0 Å². The van der Waals surface area contributed by atoms with Crippen molar-refractivity contribution < 1.29 is 0 Å². The fourth-order valence-electron chi connectivity index (χ4n) is 0.878. The Labute approximate surface area is 71.5 Å². The molecule has 0 aliphatic heterocycles. The van der Waals surface area contributed by atoms with Gasteiger partial charge in [-0.1, -0.05) is 55.4 Å². The molecule has 0 saturated carbocycles. The van der Waals surface area contributed by atoms with Crippen molar-refractivity contribution in [1.29, 1.82) is 0 Å². The van der Waals surface area contributed by atoms with Crippen molar-refractivity contribution >= 4 is 14.7 Å². The van der Waals surface area contributed by atoms with Crippen LogP contribution < -0.4 is 5.19 Å². The second kappa shape index (κ2) is 4.34. The van der Waals surface area contributed by atoms with E-state index >= 15 is 0 Å². The Bertz CT molecular complexity index is 191. The third-order valence-corrected chi connectivity index (χ3v) is 3.25. The molecular formula is C10H14Si. The van der Waals surface area contributed by atoms with E-state index in [-0.39, 0.29) is 0 Å². The molecule has 2 radical (unpaired) electrons. The van der Waals surface area contributed by atoms with Crippen molar-refractivity contribution in [2.45, 2.75) is 19.9 Å². The second-order valence-corrected chi connectivity index (χ2v) is 4.48. The van der Waals surface area contributed by atoms with Crippen LogP contribution in [0.1, 0.15) is 13.8 Å². The predicted octanol–water partition coefficient (Wildman–Crippen LogP) is 2.09. The highest BCUT2D eigenvalue weighted by Crippen LogP contribution is 1.98. The molecule has 1 heteroatoms. The van der Waals surface area contributed by atoms with Crippen molar-refractivity contribution in [3.8, 4) is 0 Å². The Morgan fingerprint density at radius 1 is 1.18 bits per heavy atom. The van der Waals surface area contributed by atoms with Gasteiger partial charge in [-0.05, 0) is 5.92 Å². The van der Waals surface area contributed by atoms with Gasteiger partial charge in [0.05, 0.1) is 9.52 Å². The van der Waals surface area contributed by atoms with Gasteiger partial charge in [0.15, 0.2) is 0 Å². The molecule has 1 aromatic rings. The fourth-order valence-corrected chi connectivity index (χ4v) is 1.95. The molecule has 0 unspecified atom stereocenters. The molecule has 0 bridgehead atoms. The lowest BCUT2D eigenvalue weighted by Crippen LogP contribution is -2.14. The summed E-state index contributed by atoms with van der Waals surface area (Å²) in [6.07, 6.45) is 0. The van der Waals surface area contributed by atoms with E-state index in [0.717, 1.165) is 15.4 Å². The molecule has 11 heavy (non-hydrogen) atoms. The van der Waals surface area contributed by atoms with Crippen molar-refractivity contribution in [1.82, 2.24) is 0 Å². The highest BCUT2D eigenvalue weighted by molar-refractivity contribution is 6.53. The number of rotatable bonds is 3. The summed E-state index contributed by atoms with van der Waals surface area (Å²) in [4.78, 5) is 0. The third kappa shape index (κ3) is 3.37. The molecule has 1 aromatic carbocycles. The highest BCUT2D eigenvalue weighted by Gasteiger charge is 1.96. The van der Waals surface area contributed by atoms with Crippen molar-refractivity contribution in [3.63, 3.8) is 0 Å². The smallest absolute Gasteiger partial charge is 0.0642 e. The standard InChI is InChI=1S/C10H14Si/c1-9(2)8-11-10-6-4-3-5-7-10/h3-7,9H,8H2,1-2H3. The molecule has 0 N–H and O–H groups in total. The van der Waals surface area contributed by atoms with Crippen molar-refractivity contribution in [2.75, 3.05) is 0 Å². The molecule has 0 fully saturated rings. The second-order valence-electron chi connectivity index (χ2n) is 3.14. The third-order valence-electron chi connectivity index (χ3n) is 1.49. The summed E-state index contributed by atoms with van der Waals surface area (Å²) >= 11 is 0. The zero-order valence-corrected chi connectivity index (χ0v) is 8.17. The Kier molecular flexibility index (Phi) is 3.37. The first-order valence-electron chi connectivity index (χ1n) is 4.08. The van der Waals surface area contributed by atoms with Gasteiger partial charge in [0.2, 0.25) is 0 Å². The molecule has 1 rings (SSSR count). The number of hydrogen-bond acceptors (Lipinski definition) is 0. The molecule has 0 spiro atoms. The molecule has 0 atom stereocenters. The molecule has 0 heterocycles. The van der Waals surface area contributed by atoms with Gasteiger partial charge in [0, 0.05) is 0 Å². The largest absolute Gasteiger partial charge is 0.0810 e. The van der Waals surface area contributed by atoms with Gasteiger partial charge in [-0.25, -0.2) is 0 Å². The average Bonchev–Trinajstić information content (AvgIpc) is 2.03. The van der Waals surface area contributed by atoms with Crippen LogP contribution in [0.4, 0.5) is 0 Å². The summed E-state index contributed by atoms with van der Waals surface area (Å²) in [5.74, 6) is 0.827. The van der Waals surface area contributed by atoms with Crippen LogP contribution >= 0.6 is 0 Å². The van der Waals surface area contributed by atoms with E-state index in [2.05, 4.69) is 44.2 Å². The summed E-state index contributed by atoms with van der Waals surface area (Å²) in [5.41, 5.74) is 0. The molecule has 0 aromatic heterocycles. The van der Waals surface area contributed by atoms with E-state index in [0.29, 0.717) is 0 Å². The predicted molar refractivity (Wildman–Crippen MR) is 51.5 cm³/mol. The molecule has 0 aliphatic carbocycles. The summed E-state index contributed by atoms with van der Waals surface area (Å²) < 4.78 is 0. The van der Waals surface area contributed by atoms with Crippen molar-refractivity contribution in [2.24, 2.45) is 5.92 Å². The monoisotopic (exact) mass is 162 g/mol. The van der Waals surface area contributed by atoms with Crippen LogP contribution in [-0.2, 0) is 0 Å². The maximum absolute atomic E-state index is 2.27. The average molecular weight is 162 g/mol. The minimum Gasteiger partial charge on any atom is -0.0642 e.